The fourth-order valence-electron chi connectivity index (χ4n) is 2.34. The van der Waals surface area contributed by atoms with Crippen LogP contribution in [0.4, 0.5) is 0 Å². The van der Waals surface area contributed by atoms with E-state index in [4.69, 9.17) is 14.3 Å². The smallest absolute Gasteiger partial charge is 0.328 e. The lowest BCUT2D eigenvalue weighted by Crippen LogP contribution is -2.44. The van der Waals surface area contributed by atoms with E-state index >= 15 is 0 Å². The van der Waals surface area contributed by atoms with Crippen molar-refractivity contribution in [1.29, 1.82) is 0 Å². The van der Waals surface area contributed by atoms with Gasteiger partial charge in [-0.05, 0) is 37.1 Å². The van der Waals surface area contributed by atoms with E-state index in [1.807, 2.05) is 26.0 Å². The molecular weight excluding hydrogens is 310 g/mol. The Labute approximate surface area is 140 Å². The minimum atomic E-state index is -1.14. The highest BCUT2D eigenvalue weighted by Gasteiger charge is 2.21. The molecule has 0 aliphatic rings. The van der Waals surface area contributed by atoms with Gasteiger partial charge in [0.2, 0.25) is 5.91 Å². The summed E-state index contributed by atoms with van der Waals surface area (Å²) in [6.45, 7) is 7.58. The third kappa shape index (κ3) is 4.23. The number of furan rings is 1. The second kappa shape index (κ2) is 7.79. The van der Waals surface area contributed by atoms with Gasteiger partial charge in [-0.15, -0.1) is 6.58 Å². The SMILES string of the molecule is C=CCOCC(NC(=O)Cc1coc2cc(C)c(C)cc12)C(=O)O. The van der Waals surface area contributed by atoms with Gasteiger partial charge in [0.1, 0.15) is 5.58 Å². The maximum Gasteiger partial charge on any atom is 0.328 e. The molecule has 6 heteroatoms. The zero-order valence-electron chi connectivity index (χ0n) is 13.8. The van der Waals surface area contributed by atoms with Crippen LogP contribution in [0.5, 0.6) is 0 Å². The van der Waals surface area contributed by atoms with Gasteiger partial charge in [0.05, 0.1) is 25.9 Å². The Morgan fingerprint density at radius 2 is 2.08 bits per heavy atom. The van der Waals surface area contributed by atoms with E-state index in [-0.39, 0.29) is 19.6 Å². The van der Waals surface area contributed by atoms with Crippen LogP contribution in [-0.4, -0.2) is 36.2 Å². The molecule has 0 saturated carbocycles. The molecule has 0 aliphatic heterocycles. The highest BCUT2D eigenvalue weighted by atomic mass is 16.5. The largest absolute Gasteiger partial charge is 0.480 e. The summed E-state index contributed by atoms with van der Waals surface area (Å²) in [5.74, 6) is -1.54. The number of fused-ring (bicyclic) bond motifs is 1. The van der Waals surface area contributed by atoms with Crippen molar-refractivity contribution in [3.8, 4) is 0 Å². The standard InChI is InChI=1S/C18H21NO5/c1-4-5-23-10-15(18(21)22)19-17(20)8-13-9-24-16-7-12(3)11(2)6-14(13)16/h4,6-7,9,15H,1,5,8,10H2,2-3H3,(H,19,20)(H,21,22). The molecule has 2 N–H and O–H groups in total. The van der Waals surface area contributed by atoms with Gasteiger partial charge >= 0.3 is 5.97 Å². The molecule has 1 unspecified atom stereocenters. The van der Waals surface area contributed by atoms with Crippen LogP contribution in [-0.2, 0) is 20.7 Å². The van der Waals surface area contributed by atoms with E-state index < -0.39 is 17.9 Å². The third-order valence-electron chi connectivity index (χ3n) is 3.77. The van der Waals surface area contributed by atoms with Gasteiger partial charge in [-0.1, -0.05) is 6.08 Å². The molecule has 2 rings (SSSR count). The lowest BCUT2D eigenvalue weighted by atomic mass is 10.0. The number of benzene rings is 1. The fraction of sp³-hybridized carbons (Fsp3) is 0.333. The van der Waals surface area contributed by atoms with Crippen molar-refractivity contribution in [3.05, 3.63) is 47.7 Å². The van der Waals surface area contributed by atoms with Gasteiger partial charge in [0.25, 0.3) is 0 Å². The molecule has 0 spiro atoms. The summed E-state index contributed by atoms with van der Waals surface area (Å²) in [6, 6.07) is 2.80. The van der Waals surface area contributed by atoms with E-state index in [0.29, 0.717) is 5.58 Å². The summed E-state index contributed by atoms with van der Waals surface area (Å²) in [5.41, 5.74) is 3.65. The summed E-state index contributed by atoms with van der Waals surface area (Å²) in [4.78, 5) is 23.3. The summed E-state index contributed by atoms with van der Waals surface area (Å²) in [7, 11) is 0. The number of carboxylic acid groups (broad SMARTS) is 1. The summed E-state index contributed by atoms with van der Waals surface area (Å²) >= 11 is 0. The zero-order valence-corrected chi connectivity index (χ0v) is 13.8. The molecular formula is C18H21NO5. The number of ether oxygens (including phenoxy) is 1. The monoisotopic (exact) mass is 331 g/mol. The summed E-state index contributed by atoms with van der Waals surface area (Å²) in [5, 5.41) is 12.5. The van der Waals surface area contributed by atoms with E-state index in [1.165, 1.54) is 12.3 Å². The number of hydrogen-bond acceptors (Lipinski definition) is 4. The third-order valence-corrected chi connectivity index (χ3v) is 3.77. The Morgan fingerprint density at radius 3 is 2.75 bits per heavy atom. The molecule has 1 aromatic heterocycles. The van der Waals surface area contributed by atoms with Crippen LogP contribution in [0.3, 0.4) is 0 Å². The maximum atomic E-state index is 12.2. The van der Waals surface area contributed by atoms with E-state index in [1.54, 1.807) is 0 Å². The topological polar surface area (TPSA) is 88.8 Å². The van der Waals surface area contributed by atoms with E-state index in [9.17, 15) is 9.59 Å². The fourth-order valence-corrected chi connectivity index (χ4v) is 2.34. The molecule has 6 nitrogen and oxygen atoms in total. The molecule has 1 atom stereocenters. The molecule has 1 heterocycles. The number of carboxylic acids is 1. The van der Waals surface area contributed by atoms with Crippen molar-refractivity contribution < 1.29 is 23.8 Å². The minimum absolute atomic E-state index is 0.0424. The molecule has 0 bridgehead atoms. The lowest BCUT2D eigenvalue weighted by molar-refractivity contribution is -0.143. The predicted octanol–water partition coefficient (Wildman–Crippen LogP) is 2.36. The Bertz CT molecular complexity index is 762. The first-order chi connectivity index (χ1) is 11.4. The molecule has 0 saturated heterocycles. The van der Waals surface area contributed by atoms with Gasteiger partial charge in [0, 0.05) is 10.9 Å². The van der Waals surface area contributed by atoms with E-state index in [2.05, 4.69) is 11.9 Å². The number of aliphatic carboxylic acids is 1. The number of rotatable bonds is 8. The number of aryl methyl sites for hydroxylation is 2. The molecule has 0 radical (unpaired) electrons. The Balaban J connectivity index is 2.07. The van der Waals surface area contributed by atoms with Crippen molar-refractivity contribution >= 4 is 22.8 Å². The molecule has 2 aromatic rings. The maximum absolute atomic E-state index is 12.2. The number of carbonyl (C=O) groups is 2. The average molecular weight is 331 g/mol. The van der Waals surface area contributed by atoms with Crippen molar-refractivity contribution in [2.75, 3.05) is 13.2 Å². The summed E-state index contributed by atoms with van der Waals surface area (Å²) < 4.78 is 10.6. The Kier molecular flexibility index (Phi) is 5.76. The van der Waals surface area contributed by atoms with Crippen molar-refractivity contribution in [1.82, 2.24) is 5.32 Å². The Hall–Kier alpha value is -2.60. The lowest BCUT2D eigenvalue weighted by Gasteiger charge is -2.14. The average Bonchev–Trinajstić information content (AvgIpc) is 2.89. The summed E-state index contributed by atoms with van der Waals surface area (Å²) in [6.07, 6.45) is 3.09. The number of carbonyl (C=O) groups excluding carboxylic acids is 1. The predicted molar refractivity (Wildman–Crippen MR) is 90.0 cm³/mol. The molecule has 1 aromatic carbocycles. The van der Waals surface area contributed by atoms with Gasteiger partial charge in [-0.2, -0.15) is 0 Å². The van der Waals surface area contributed by atoms with Gasteiger partial charge < -0.3 is 19.6 Å². The van der Waals surface area contributed by atoms with Crippen LogP contribution in [0.2, 0.25) is 0 Å². The van der Waals surface area contributed by atoms with Crippen LogP contribution in [0, 0.1) is 13.8 Å². The highest BCUT2D eigenvalue weighted by Crippen LogP contribution is 2.25. The van der Waals surface area contributed by atoms with Crippen LogP contribution < -0.4 is 5.32 Å². The first-order valence-corrected chi connectivity index (χ1v) is 7.60. The molecule has 24 heavy (non-hydrogen) atoms. The van der Waals surface area contributed by atoms with Crippen LogP contribution in [0.15, 0.2) is 35.5 Å². The van der Waals surface area contributed by atoms with Gasteiger partial charge in [-0.3, -0.25) is 4.79 Å². The van der Waals surface area contributed by atoms with Crippen LogP contribution in [0.25, 0.3) is 11.0 Å². The van der Waals surface area contributed by atoms with E-state index in [0.717, 1.165) is 22.1 Å². The second-order valence-corrected chi connectivity index (χ2v) is 5.65. The van der Waals surface area contributed by atoms with Crippen LogP contribution in [0.1, 0.15) is 16.7 Å². The molecule has 0 fully saturated rings. The van der Waals surface area contributed by atoms with Crippen molar-refractivity contribution in [2.45, 2.75) is 26.3 Å². The van der Waals surface area contributed by atoms with Crippen LogP contribution >= 0.6 is 0 Å². The van der Waals surface area contributed by atoms with Gasteiger partial charge in [-0.25, -0.2) is 4.79 Å². The first-order valence-electron chi connectivity index (χ1n) is 7.60. The normalized spacial score (nSPS) is 12.1. The molecule has 1 amide bonds. The molecule has 0 aliphatic carbocycles. The number of nitrogens with one attached hydrogen (secondary N) is 1. The zero-order chi connectivity index (χ0) is 17.7. The second-order valence-electron chi connectivity index (χ2n) is 5.65. The highest BCUT2D eigenvalue weighted by molar-refractivity contribution is 5.90. The number of amides is 1. The van der Waals surface area contributed by atoms with Crippen molar-refractivity contribution in [3.63, 3.8) is 0 Å². The minimum Gasteiger partial charge on any atom is -0.480 e. The Morgan fingerprint density at radius 1 is 1.38 bits per heavy atom. The molecule has 128 valence electrons. The van der Waals surface area contributed by atoms with Gasteiger partial charge in [0.15, 0.2) is 6.04 Å². The number of hydrogen-bond donors (Lipinski definition) is 2. The van der Waals surface area contributed by atoms with Crippen molar-refractivity contribution in [2.24, 2.45) is 0 Å². The quantitative estimate of drug-likeness (QED) is 0.572. The first kappa shape index (κ1) is 17.7.